The summed E-state index contributed by atoms with van der Waals surface area (Å²) in [5.41, 5.74) is 0.675. The molecule has 1 aliphatic heterocycles. The molecular weight excluding hydrogens is 212 g/mol. The first-order valence-electron chi connectivity index (χ1n) is 4.98. The van der Waals surface area contributed by atoms with Crippen molar-refractivity contribution in [3.63, 3.8) is 0 Å². The maximum Gasteiger partial charge on any atom is 0.184 e. The van der Waals surface area contributed by atoms with Crippen molar-refractivity contribution in [3.05, 3.63) is 23.8 Å². The van der Waals surface area contributed by atoms with Gasteiger partial charge in [-0.2, -0.15) is 0 Å². The molecule has 0 aromatic heterocycles. The average Bonchev–Trinajstić information content (AvgIpc) is 2.71. The minimum absolute atomic E-state index is 0.0917. The molecule has 0 saturated carbocycles. The standard InChI is InChI=1S/C11H14O5/c1-14-5-8-6-15-11(16-8)7-2-3-9(12)10(13)4-7/h2-4,8,11-13H,5-6H2,1H3. The van der Waals surface area contributed by atoms with Crippen LogP contribution in [-0.4, -0.2) is 36.6 Å². The zero-order chi connectivity index (χ0) is 11.5. The normalized spacial score (nSPS) is 24.8. The van der Waals surface area contributed by atoms with Gasteiger partial charge in [-0.3, -0.25) is 0 Å². The number of aromatic hydroxyl groups is 2. The van der Waals surface area contributed by atoms with Crippen LogP contribution < -0.4 is 0 Å². The van der Waals surface area contributed by atoms with Crippen molar-refractivity contribution >= 4 is 0 Å². The molecule has 1 aliphatic rings. The van der Waals surface area contributed by atoms with E-state index in [1.54, 1.807) is 13.2 Å². The first-order chi connectivity index (χ1) is 7.70. The van der Waals surface area contributed by atoms with Crippen LogP contribution in [0.5, 0.6) is 11.5 Å². The van der Waals surface area contributed by atoms with Crippen molar-refractivity contribution in [2.24, 2.45) is 0 Å². The summed E-state index contributed by atoms with van der Waals surface area (Å²) < 4.78 is 15.9. The largest absolute Gasteiger partial charge is 0.504 e. The van der Waals surface area contributed by atoms with E-state index in [0.29, 0.717) is 18.8 Å². The molecule has 2 atom stereocenters. The fraction of sp³-hybridized carbons (Fsp3) is 0.455. The summed E-state index contributed by atoms with van der Waals surface area (Å²) in [6, 6.07) is 4.48. The van der Waals surface area contributed by atoms with Gasteiger partial charge in [-0.25, -0.2) is 0 Å². The molecule has 1 saturated heterocycles. The highest BCUT2D eigenvalue weighted by Crippen LogP contribution is 2.32. The summed E-state index contributed by atoms with van der Waals surface area (Å²) in [6.45, 7) is 0.931. The summed E-state index contributed by atoms with van der Waals surface area (Å²) in [6.07, 6.45) is -0.599. The molecule has 5 heteroatoms. The lowest BCUT2D eigenvalue weighted by molar-refractivity contribution is -0.0706. The van der Waals surface area contributed by atoms with Crippen LogP contribution in [0.25, 0.3) is 0 Å². The van der Waals surface area contributed by atoms with Crippen molar-refractivity contribution < 1.29 is 24.4 Å². The Labute approximate surface area is 93.2 Å². The van der Waals surface area contributed by atoms with Gasteiger partial charge in [0.2, 0.25) is 0 Å². The predicted octanol–water partition coefficient (Wildman–Crippen LogP) is 1.16. The zero-order valence-corrected chi connectivity index (χ0v) is 8.92. The molecule has 1 fully saturated rings. The number of hydrogen-bond donors (Lipinski definition) is 2. The monoisotopic (exact) mass is 226 g/mol. The van der Waals surface area contributed by atoms with Gasteiger partial charge in [0.25, 0.3) is 0 Å². The lowest BCUT2D eigenvalue weighted by Gasteiger charge is -2.11. The molecule has 0 aliphatic carbocycles. The molecule has 1 heterocycles. The second-order valence-electron chi connectivity index (χ2n) is 3.63. The fourth-order valence-electron chi connectivity index (χ4n) is 1.58. The minimum Gasteiger partial charge on any atom is -0.504 e. The van der Waals surface area contributed by atoms with Gasteiger partial charge in [0.15, 0.2) is 17.8 Å². The van der Waals surface area contributed by atoms with Crippen molar-refractivity contribution in [2.75, 3.05) is 20.3 Å². The van der Waals surface area contributed by atoms with E-state index in [2.05, 4.69) is 0 Å². The smallest absolute Gasteiger partial charge is 0.184 e. The number of hydrogen-bond acceptors (Lipinski definition) is 5. The lowest BCUT2D eigenvalue weighted by atomic mass is 10.2. The highest BCUT2D eigenvalue weighted by atomic mass is 16.7. The number of rotatable bonds is 3. The van der Waals surface area contributed by atoms with Gasteiger partial charge >= 0.3 is 0 Å². The van der Waals surface area contributed by atoms with Crippen LogP contribution in [0.3, 0.4) is 0 Å². The molecule has 88 valence electrons. The summed E-state index contributed by atoms with van der Waals surface area (Å²) in [5, 5.41) is 18.5. The van der Waals surface area contributed by atoms with Crippen LogP contribution in [0.2, 0.25) is 0 Å². The van der Waals surface area contributed by atoms with Crippen LogP contribution >= 0.6 is 0 Å². The molecule has 1 aromatic rings. The van der Waals surface area contributed by atoms with E-state index in [-0.39, 0.29) is 17.6 Å². The molecule has 0 bridgehead atoms. The number of ether oxygens (including phenoxy) is 3. The summed E-state index contributed by atoms with van der Waals surface area (Å²) >= 11 is 0. The van der Waals surface area contributed by atoms with Crippen molar-refractivity contribution in [3.8, 4) is 11.5 Å². The Morgan fingerprint density at radius 1 is 1.38 bits per heavy atom. The zero-order valence-electron chi connectivity index (χ0n) is 8.92. The molecule has 2 N–H and O–H groups in total. The van der Waals surface area contributed by atoms with Crippen LogP contribution in [0.15, 0.2) is 18.2 Å². The Kier molecular flexibility index (Phi) is 3.28. The molecular formula is C11H14O5. The molecule has 1 aromatic carbocycles. The van der Waals surface area contributed by atoms with Gasteiger partial charge in [-0.05, 0) is 12.1 Å². The predicted molar refractivity (Wildman–Crippen MR) is 55.2 cm³/mol. The Morgan fingerprint density at radius 2 is 2.19 bits per heavy atom. The van der Waals surface area contributed by atoms with Gasteiger partial charge in [-0.15, -0.1) is 0 Å². The van der Waals surface area contributed by atoms with Crippen LogP contribution in [0.4, 0.5) is 0 Å². The van der Waals surface area contributed by atoms with Crippen molar-refractivity contribution in [1.29, 1.82) is 0 Å². The number of benzene rings is 1. The summed E-state index contributed by atoms with van der Waals surface area (Å²) in [4.78, 5) is 0. The Hall–Kier alpha value is -1.30. The molecule has 16 heavy (non-hydrogen) atoms. The number of phenols is 2. The molecule has 0 amide bonds. The Morgan fingerprint density at radius 3 is 2.88 bits per heavy atom. The van der Waals surface area contributed by atoms with Gasteiger partial charge < -0.3 is 24.4 Å². The quantitative estimate of drug-likeness (QED) is 0.757. The van der Waals surface area contributed by atoms with E-state index in [4.69, 9.17) is 14.2 Å². The second kappa shape index (κ2) is 4.69. The number of methoxy groups -OCH3 is 1. The van der Waals surface area contributed by atoms with Crippen LogP contribution in [0, 0.1) is 0 Å². The van der Waals surface area contributed by atoms with Crippen LogP contribution in [-0.2, 0) is 14.2 Å². The van der Waals surface area contributed by atoms with E-state index in [0.717, 1.165) is 0 Å². The summed E-state index contributed by atoms with van der Waals surface area (Å²) in [7, 11) is 1.60. The second-order valence-corrected chi connectivity index (χ2v) is 3.63. The third-order valence-electron chi connectivity index (χ3n) is 2.37. The van der Waals surface area contributed by atoms with Crippen molar-refractivity contribution in [1.82, 2.24) is 0 Å². The maximum atomic E-state index is 9.34. The summed E-state index contributed by atoms with van der Waals surface area (Å²) in [5.74, 6) is -0.338. The Bertz CT molecular complexity index is 365. The van der Waals surface area contributed by atoms with E-state index < -0.39 is 6.29 Å². The molecule has 5 nitrogen and oxygen atoms in total. The maximum absolute atomic E-state index is 9.34. The van der Waals surface area contributed by atoms with E-state index >= 15 is 0 Å². The van der Waals surface area contributed by atoms with Gasteiger partial charge in [0.1, 0.15) is 6.10 Å². The van der Waals surface area contributed by atoms with Crippen molar-refractivity contribution in [2.45, 2.75) is 12.4 Å². The highest BCUT2D eigenvalue weighted by Gasteiger charge is 2.27. The Balaban J connectivity index is 2.05. The third-order valence-corrected chi connectivity index (χ3v) is 2.37. The number of phenolic OH excluding ortho intramolecular Hbond substituents is 2. The lowest BCUT2D eigenvalue weighted by Crippen LogP contribution is -2.16. The minimum atomic E-state index is -0.508. The van der Waals surface area contributed by atoms with E-state index in [9.17, 15) is 10.2 Å². The highest BCUT2D eigenvalue weighted by molar-refractivity contribution is 5.40. The SMILES string of the molecule is COCC1COC(c2ccc(O)c(O)c2)O1. The first-order valence-corrected chi connectivity index (χ1v) is 4.98. The van der Waals surface area contributed by atoms with Gasteiger partial charge in [-0.1, -0.05) is 6.07 Å². The molecule has 0 radical (unpaired) electrons. The molecule has 0 spiro atoms. The fourth-order valence-corrected chi connectivity index (χ4v) is 1.58. The van der Waals surface area contributed by atoms with E-state index in [1.807, 2.05) is 0 Å². The molecule has 2 unspecified atom stereocenters. The van der Waals surface area contributed by atoms with Crippen LogP contribution in [0.1, 0.15) is 11.9 Å². The van der Waals surface area contributed by atoms with E-state index in [1.165, 1.54) is 12.1 Å². The first kappa shape index (κ1) is 11.2. The average molecular weight is 226 g/mol. The molecule has 2 rings (SSSR count). The topological polar surface area (TPSA) is 68.2 Å². The third kappa shape index (κ3) is 2.27. The van der Waals surface area contributed by atoms with Gasteiger partial charge in [0, 0.05) is 12.7 Å². The van der Waals surface area contributed by atoms with Gasteiger partial charge in [0.05, 0.1) is 13.2 Å².